The number of carboxylic acid groups (broad SMARTS) is 1. The highest BCUT2D eigenvalue weighted by atomic mass is 35.5. The van der Waals surface area contributed by atoms with Gasteiger partial charge in [-0.1, -0.05) is 46.7 Å². The number of amides is 1. The third kappa shape index (κ3) is 12.4. The number of aromatic nitrogens is 6. The minimum absolute atomic E-state index is 0.0382. The number of piperidine rings is 2. The van der Waals surface area contributed by atoms with Gasteiger partial charge in [0.05, 0.1) is 67.1 Å². The number of carbonyl (C=O) groups excluding carboxylic acids is 1. The van der Waals surface area contributed by atoms with E-state index in [0.717, 1.165) is 43.7 Å². The Morgan fingerprint density at radius 1 is 0.824 bits per heavy atom. The average molecular weight is 1020 g/mol. The lowest BCUT2D eigenvalue weighted by Crippen LogP contribution is -2.55. The van der Waals surface area contributed by atoms with Crippen molar-refractivity contribution in [3.8, 4) is 0 Å². The van der Waals surface area contributed by atoms with Gasteiger partial charge in [-0.3, -0.25) is 4.79 Å². The fourth-order valence-corrected chi connectivity index (χ4v) is 10.9. The number of aliphatic hydroxyl groups excluding tert-OH is 2. The lowest BCUT2D eigenvalue weighted by Gasteiger charge is -2.43. The molecule has 0 bridgehead atoms. The topological polar surface area (TPSA) is 296 Å². The van der Waals surface area contributed by atoms with Crippen molar-refractivity contribution < 1.29 is 39.1 Å². The van der Waals surface area contributed by atoms with Gasteiger partial charge in [0.25, 0.3) is 6.47 Å². The molecule has 68 heavy (non-hydrogen) atoms. The van der Waals surface area contributed by atoms with E-state index in [0.29, 0.717) is 74.3 Å². The van der Waals surface area contributed by atoms with Crippen LogP contribution in [0, 0.1) is 10.8 Å². The Balaban J connectivity index is 0.000000216. The first-order valence-electron chi connectivity index (χ1n) is 22.0. The van der Waals surface area contributed by atoms with E-state index < -0.39 is 11.7 Å². The van der Waals surface area contributed by atoms with E-state index in [1.165, 1.54) is 23.5 Å². The van der Waals surface area contributed by atoms with Crippen molar-refractivity contribution in [2.24, 2.45) is 16.6 Å². The van der Waals surface area contributed by atoms with Crippen molar-refractivity contribution in [1.29, 1.82) is 0 Å². The number of halogens is 2. The van der Waals surface area contributed by atoms with Gasteiger partial charge < -0.3 is 61.8 Å². The molecule has 10 N–H and O–H groups in total. The zero-order valence-electron chi connectivity index (χ0n) is 38.6. The predicted octanol–water partition coefficient (Wildman–Crippen LogP) is 5.43. The Morgan fingerprint density at radius 3 is 1.66 bits per heavy atom. The van der Waals surface area contributed by atoms with Gasteiger partial charge in [0.15, 0.2) is 11.6 Å². The molecule has 4 aromatic heterocycles. The van der Waals surface area contributed by atoms with Gasteiger partial charge in [-0.15, -0.1) is 0 Å². The van der Waals surface area contributed by atoms with E-state index in [2.05, 4.69) is 45.0 Å². The Hall–Kier alpha value is -4.52. The predicted molar refractivity (Wildman–Crippen MR) is 260 cm³/mol. The van der Waals surface area contributed by atoms with E-state index in [1.807, 2.05) is 34.6 Å². The minimum Gasteiger partial charge on any atom is -0.483 e. The summed E-state index contributed by atoms with van der Waals surface area (Å²) in [5, 5.41) is 31.9. The summed E-state index contributed by atoms with van der Waals surface area (Å²) >= 11 is 15.1. The van der Waals surface area contributed by atoms with Crippen LogP contribution in [0.1, 0.15) is 71.7 Å². The zero-order valence-corrected chi connectivity index (χ0v) is 41.7. The van der Waals surface area contributed by atoms with Crippen LogP contribution in [-0.4, -0.2) is 127 Å². The quantitative estimate of drug-likeness (QED) is 0.103. The van der Waals surface area contributed by atoms with Gasteiger partial charge in [-0.25, -0.2) is 34.7 Å². The second-order valence-electron chi connectivity index (χ2n) is 18.0. The molecule has 4 atom stereocenters. The van der Waals surface area contributed by atoms with Crippen LogP contribution in [0.2, 0.25) is 10.0 Å². The molecule has 4 aliphatic rings. The SMILES string of the molecule is C[C@@H]1OCC2(CCN(c3ncc(Sc4ccnc(N)c4Cl)nc3CO)CC2)[C@@H]1N.C[C@@H]1OCC2(CCN(c3ncc(Sc4ccnc(N)c4Cl)nc3CO)CC2)[C@@H]1NC(=O)OC(C)(C)C.O=CO. The molecule has 0 aliphatic carbocycles. The smallest absolute Gasteiger partial charge is 0.407 e. The average Bonchev–Trinajstić information content (AvgIpc) is 3.75. The number of pyridine rings is 2. The highest BCUT2D eigenvalue weighted by Gasteiger charge is 2.51. The number of nitrogens with one attached hydrogen (secondary N) is 1. The molecule has 8 rings (SSSR count). The molecule has 0 saturated carbocycles. The van der Waals surface area contributed by atoms with Crippen molar-refractivity contribution in [3.05, 3.63) is 58.4 Å². The maximum atomic E-state index is 12.5. The molecular formula is C44H60Cl2N12O8S2. The number of anilines is 4. The number of ether oxygens (including phenoxy) is 3. The van der Waals surface area contributed by atoms with Gasteiger partial charge in [0.2, 0.25) is 0 Å². The van der Waals surface area contributed by atoms with Crippen LogP contribution in [0.5, 0.6) is 0 Å². The number of carbonyl (C=O) groups is 2. The summed E-state index contributed by atoms with van der Waals surface area (Å²) in [6, 6.07) is 3.45. The number of aliphatic hydroxyl groups is 2. The maximum Gasteiger partial charge on any atom is 0.407 e. The molecule has 0 aromatic carbocycles. The van der Waals surface area contributed by atoms with Crippen LogP contribution in [0.25, 0.3) is 0 Å². The fraction of sp³-hybridized carbons (Fsp3) is 0.545. The largest absolute Gasteiger partial charge is 0.483 e. The summed E-state index contributed by atoms with van der Waals surface area (Å²) in [5.74, 6) is 1.89. The van der Waals surface area contributed by atoms with Crippen molar-refractivity contribution in [2.75, 3.05) is 60.7 Å². The van der Waals surface area contributed by atoms with Gasteiger partial charge in [0, 0.05) is 65.2 Å². The highest BCUT2D eigenvalue weighted by Crippen LogP contribution is 2.45. The van der Waals surface area contributed by atoms with Crippen LogP contribution in [0.15, 0.2) is 56.8 Å². The molecule has 4 fully saturated rings. The minimum atomic E-state index is -0.567. The first-order chi connectivity index (χ1) is 32.4. The van der Waals surface area contributed by atoms with E-state index in [1.54, 1.807) is 36.9 Å². The van der Waals surface area contributed by atoms with Gasteiger partial charge in [-0.05, 0) is 72.4 Å². The Labute approximate surface area is 413 Å². The maximum absolute atomic E-state index is 12.5. The summed E-state index contributed by atoms with van der Waals surface area (Å²) in [5.41, 5.74) is 18.3. The number of alkyl carbamates (subject to hydrolysis) is 1. The molecule has 20 nitrogen and oxygen atoms in total. The number of nitrogens with zero attached hydrogens (tertiary/aromatic N) is 8. The molecule has 4 aromatic rings. The summed E-state index contributed by atoms with van der Waals surface area (Å²) < 4.78 is 17.3. The first-order valence-corrected chi connectivity index (χ1v) is 24.4. The first kappa shape index (κ1) is 52.8. The van der Waals surface area contributed by atoms with Crippen LogP contribution in [0.4, 0.5) is 28.1 Å². The number of nitrogen functional groups attached to an aromatic ring is 2. The van der Waals surface area contributed by atoms with Crippen LogP contribution in [-0.2, 0) is 32.2 Å². The van der Waals surface area contributed by atoms with Gasteiger partial charge >= 0.3 is 6.09 Å². The molecule has 0 unspecified atom stereocenters. The van der Waals surface area contributed by atoms with Gasteiger partial charge in [-0.2, -0.15) is 0 Å². The normalized spacial score (nSPS) is 21.7. The third-order valence-electron chi connectivity index (χ3n) is 12.5. The highest BCUT2D eigenvalue weighted by molar-refractivity contribution is 7.99. The number of hydrogen-bond donors (Lipinski definition) is 7. The fourth-order valence-electron chi connectivity index (χ4n) is 8.85. The molecule has 24 heteroatoms. The molecule has 4 saturated heterocycles. The van der Waals surface area contributed by atoms with E-state index in [4.69, 9.17) is 64.5 Å². The van der Waals surface area contributed by atoms with Crippen molar-refractivity contribution >= 4 is 82.6 Å². The zero-order chi connectivity index (χ0) is 49.4. The molecule has 8 heterocycles. The van der Waals surface area contributed by atoms with E-state index in [-0.39, 0.29) is 66.4 Å². The Bertz CT molecular complexity index is 2370. The van der Waals surface area contributed by atoms with Crippen LogP contribution >= 0.6 is 46.7 Å². The molecule has 4 aliphatic heterocycles. The lowest BCUT2D eigenvalue weighted by atomic mass is 9.73. The van der Waals surface area contributed by atoms with Crippen molar-refractivity contribution in [1.82, 2.24) is 35.2 Å². The summed E-state index contributed by atoms with van der Waals surface area (Å²) in [6.07, 6.45) is 9.58. The molecular weight excluding hydrogens is 960 g/mol. The van der Waals surface area contributed by atoms with Crippen LogP contribution in [0.3, 0.4) is 0 Å². The summed E-state index contributed by atoms with van der Waals surface area (Å²) in [4.78, 5) is 53.0. The number of rotatable bonds is 9. The molecule has 1 amide bonds. The lowest BCUT2D eigenvalue weighted by molar-refractivity contribution is -0.122. The van der Waals surface area contributed by atoms with E-state index in [9.17, 15) is 15.0 Å². The van der Waals surface area contributed by atoms with E-state index >= 15 is 0 Å². The monoisotopic (exact) mass is 1020 g/mol. The number of hydrogen-bond acceptors (Lipinski definition) is 20. The van der Waals surface area contributed by atoms with Crippen molar-refractivity contribution in [3.63, 3.8) is 0 Å². The molecule has 370 valence electrons. The second kappa shape index (κ2) is 22.9. The molecule has 0 radical (unpaired) electrons. The van der Waals surface area contributed by atoms with Gasteiger partial charge in [0.1, 0.15) is 38.7 Å². The Kier molecular flexibility index (Phi) is 17.8. The van der Waals surface area contributed by atoms with Crippen molar-refractivity contribution in [2.45, 2.75) is 123 Å². The summed E-state index contributed by atoms with van der Waals surface area (Å²) in [7, 11) is 0. The third-order valence-corrected chi connectivity index (χ3v) is 15.4. The molecule has 2 spiro atoms. The second-order valence-corrected chi connectivity index (χ2v) is 20.9. The Morgan fingerprint density at radius 2 is 1.25 bits per heavy atom. The summed E-state index contributed by atoms with van der Waals surface area (Å²) in [6.45, 7) is 13.2. The number of nitrogens with two attached hydrogens (primary N) is 3. The standard InChI is InChI=1S/C24H33ClN6O4S.C19H25ClN6O2S.CH2O2/c1-14-19(30-22(33)35-23(2,3)4)24(13-34-14)6-9-31(10-7-24)21-15(12-32)29-17(11-28-21)36-16-5-8-27-20(26)18(16)25;1-11-16(21)19(10-28-11)3-6-26(7-4-19)18-12(9-27)25-14(8-24-18)29-13-2-5-23-17(22)15(13)20;2-1-3/h5,8,11,14,19,32H,6-7,9-10,12-13H2,1-4H3,(H2,26,27)(H,30,33);2,5,8,11,16,27H,3-4,6-7,9-10,21H2,1H3,(H2,22,23);1H,(H,2,3)/t14-,19+;11-,16+;/m00./s1. The van der Waals surface area contributed by atoms with Crippen LogP contribution < -0.4 is 32.3 Å².